The standard InChI is InChI=1S/C26H25N3O2/c1-17-7-8-19(26(31)28-21-9-10-21)11-22(17)20-12-24-23(25(30)13-20)15-29(16-27-24)14-18-5-3-2-4-6-18/h2-8,11-13,16,21,23H,9-10,14-15H2,1H3,(H,28,31). The monoisotopic (exact) mass is 411 g/mol. The molecule has 0 radical (unpaired) electrons. The highest BCUT2D eigenvalue weighted by Gasteiger charge is 2.30. The minimum Gasteiger partial charge on any atom is -0.357 e. The summed E-state index contributed by atoms with van der Waals surface area (Å²) in [6, 6.07) is 16.2. The van der Waals surface area contributed by atoms with Crippen LogP contribution in [0.1, 0.15) is 39.9 Å². The maximum Gasteiger partial charge on any atom is 0.251 e. The number of amides is 1. The summed E-state index contributed by atoms with van der Waals surface area (Å²) < 4.78 is 0. The molecule has 2 aliphatic carbocycles. The molecule has 5 heteroatoms. The van der Waals surface area contributed by atoms with Gasteiger partial charge in [-0.05, 0) is 66.3 Å². The van der Waals surface area contributed by atoms with Crippen molar-refractivity contribution >= 4 is 23.6 Å². The molecule has 3 aliphatic rings. The molecule has 1 N–H and O–H groups in total. The van der Waals surface area contributed by atoms with Gasteiger partial charge in [0.15, 0.2) is 5.78 Å². The highest BCUT2D eigenvalue weighted by molar-refractivity contribution is 6.06. The molecular formula is C26H25N3O2. The number of ketones is 1. The second-order valence-electron chi connectivity index (χ2n) is 8.56. The van der Waals surface area contributed by atoms with Crippen molar-refractivity contribution in [2.45, 2.75) is 32.4 Å². The molecule has 1 amide bonds. The molecule has 0 saturated heterocycles. The Morgan fingerprint density at radius 2 is 1.94 bits per heavy atom. The molecule has 2 aromatic carbocycles. The van der Waals surface area contributed by atoms with E-state index >= 15 is 0 Å². The van der Waals surface area contributed by atoms with Crippen molar-refractivity contribution in [2.24, 2.45) is 10.9 Å². The molecule has 0 spiro atoms. The summed E-state index contributed by atoms with van der Waals surface area (Å²) in [4.78, 5) is 32.2. The number of rotatable bonds is 5. The lowest BCUT2D eigenvalue weighted by molar-refractivity contribution is -0.117. The van der Waals surface area contributed by atoms with Crippen LogP contribution in [0.3, 0.4) is 0 Å². The average molecular weight is 412 g/mol. The maximum atomic E-state index is 13.0. The van der Waals surface area contributed by atoms with Crippen LogP contribution in [0.2, 0.25) is 0 Å². The smallest absolute Gasteiger partial charge is 0.251 e. The van der Waals surface area contributed by atoms with E-state index in [4.69, 9.17) is 0 Å². The Balaban J connectivity index is 1.38. The van der Waals surface area contributed by atoms with Crippen LogP contribution in [0.4, 0.5) is 0 Å². The number of carbonyl (C=O) groups is 2. The molecule has 1 heterocycles. The van der Waals surface area contributed by atoms with Gasteiger partial charge in [0.1, 0.15) is 0 Å². The molecular weight excluding hydrogens is 386 g/mol. The lowest BCUT2D eigenvalue weighted by Gasteiger charge is -2.31. The predicted molar refractivity (Wildman–Crippen MR) is 122 cm³/mol. The third-order valence-electron chi connectivity index (χ3n) is 6.04. The number of aliphatic imine (C=N–C) groups is 1. The lowest BCUT2D eigenvalue weighted by Crippen LogP contribution is -2.37. The number of benzene rings is 2. The van der Waals surface area contributed by atoms with E-state index in [-0.39, 0.29) is 17.6 Å². The fourth-order valence-corrected chi connectivity index (χ4v) is 4.09. The molecule has 0 bridgehead atoms. The average Bonchev–Trinajstić information content (AvgIpc) is 3.59. The van der Waals surface area contributed by atoms with E-state index in [9.17, 15) is 9.59 Å². The summed E-state index contributed by atoms with van der Waals surface area (Å²) in [5, 5.41) is 3.03. The molecule has 1 aliphatic heterocycles. The number of fused-ring (bicyclic) bond motifs is 1. The number of nitrogens with zero attached hydrogens (tertiary/aromatic N) is 2. The van der Waals surface area contributed by atoms with Crippen molar-refractivity contribution in [1.29, 1.82) is 0 Å². The first-order valence-corrected chi connectivity index (χ1v) is 10.8. The van der Waals surface area contributed by atoms with Crippen molar-refractivity contribution in [3.05, 3.63) is 88.6 Å². The van der Waals surface area contributed by atoms with Crippen LogP contribution in [-0.4, -0.2) is 35.5 Å². The Morgan fingerprint density at radius 1 is 1.13 bits per heavy atom. The van der Waals surface area contributed by atoms with E-state index in [0.29, 0.717) is 18.2 Å². The Morgan fingerprint density at radius 3 is 2.71 bits per heavy atom. The number of nitrogens with one attached hydrogen (secondary N) is 1. The van der Waals surface area contributed by atoms with E-state index in [0.717, 1.165) is 41.8 Å². The van der Waals surface area contributed by atoms with E-state index < -0.39 is 0 Å². The van der Waals surface area contributed by atoms with Crippen LogP contribution in [-0.2, 0) is 11.3 Å². The largest absolute Gasteiger partial charge is 0.357 e. The van der Waals surface area contributed by atoms with Gasteiger partial charge in [-0.25, -0.2) is 4.99 Å². The second-order valence-corrected chi connectivity index (χ2v) is 8.56. The van der Waals surface area contributed by atoms with Crippen LogP contribution < -0.4 is 5.32 Å². The molecule has 0 aromatic heterocycles. The zero-order chi connectivity index (χ0) is 21.4. The normalized spacial score (nSPS) is 20.1. The molecule has 1 fully saturated rings. The van der Waals surface area contributed by atoms with Crippen molar-refractivity contribution in [3.63, 3.8) is 0 Å². The number of aryl methyl sites for hydroxylation is 1. The number of hydrogen-bond donors (Lipinski definition) is 1. The molecule has 1 saturated carbocycles. The number of carbonyl (C=O) groups excluding carboxylic acids is 2. The summed E-state index contributed by atoms with van der Waals surface area (Å²) in [7, 11) is 0. The molecule has 156 valence electrons. The van der Waals surface area contributed by atoms with Crippen LogP contribution in [0.5, 0.6) is 0 Å². The van der Waals surface area contributed by atoms with E-state index in [2.05, 4.69) is 27.3 Å². The van der Waals surface area contributed by atoms with Crippen molar-refractivity contribution < 1.29 is 9.59 Å². The van der Waals surface area contributed by atoms with Crippen LogP contribution in [0, 0.1) is 12.8 Å². The van der Waals surface area contributed by atoms with Gasteiger partial charge in [0, 0.05) is 24.7 Å². The Labute approximate surface area is 182 Å². The molecule has 2 aromatic rings. The fourth-order valence-electron chi connectivity index (χ4n) is 4.09. The van der Waals surface area contributed by atoms with Gasteiger partial charge < -0.3 is 10.2 Å². The summed E-state index contributed by atoms with van der Waals surface area (Å²) in [5.41, 5.74) is 5.37. The molecule has 1 unspecified atom stereocenters. The van der Waals surface area contributed by atoms with E-state index in [1.165, 1.54) is 5.56 Å². The quantitative estimate of drug-likeness (QED) is 0.812. The second kappa shape index (κ2) is 7.99. The lowest BCUT2D eigenvalue weighted by atomic mass is 9.86. The Bertz CT molecular complexity index is 1130. The topological polar surface area (TPSA) is 61.8 Å². The van der Waals surface area contributed by atoms with Crippen LogP contribution >= 0.6 is 0 Å². The third kappa shape index (κ3) is 4.22. The van der Waals surface area contributed by atoms with Gasteiger partial charge in [-0.3, -0.25) is 9.59 Å². The van der Waals surface area contributed by atoms with Crippen molar-refractivity contribution in [2.75, 3.05) is 6.54 Å². The fraction of sp³-hybridized carbons (Fsp3) is 0.269. The molecule has 1 atom stereocenters. The summed E-state index contributed by atoms with van der Waals surface area (Å²) in [6.07, 6.45) is 7.64. The van der Waals surface area contributed by atoms with Gasteiger partial charge in [-0.15, -0.1) is 0 Å². The van der Waals surface area contributed by atoms with Gasteiger partial charge in [0.05, 0.1) is 18.0 Å². The first-order chi connectivity index (χ1) is 15.1. The molecule has 31 heavy (non-hydrogen) atoms. The maximum absolute atomic E-state index is 13.0. The first kappa shape index (κ1) is 19.5. The minimum absolute atomic E-state index is 0.0516. The number of hydrogen-bond acceptors (Lipinski definition) is 4. The highest BCUT2D eigenvalue weighted by atomic mass is 16.1. The van der Waals surface area contributed by atoms with Crippen LogP contribution in [0.25, 0.3) is 5.57 Å². The van der Waals surface area contributed by atoms with Gasteiger partial charge in [0.2, 0.25) is 0 Å². The zero-order valence-electron chi connectivity index (χ0n) is 17.5. The van der Waals surface area contributed by atoms with Crippen molar-refractivity contribution in [1.82, 2.24) is 10.2 Å². The van der Waals surface area contributed by atoms with Gasteiger partial charge >= 0.3 is 0 Å². The SMILES string of the molecule is Cc1ccc(C(=O)NC2CC2)cc1C1=CC(=O)C2CN(Cc3ccccc3)C=NC2=C1. The first-order valence-electron chi connectivity index (χ1n) is 10.8. The summed E-state index contributed by atoms with van der Waals surface area (Å²) in [6.45, 7) is 3.35. The van der Waals surface area contributed by atoms with E-state index in [1.807, 2.05) is 55.7 Å². The summed E-state index contributed by atoms with van der Waals surface area (Å²) >= 11 is 0. The van der Waals surface area contributed by atoms with Gasteiger partial charge in [-0.2, -0.15) is 0 Å². The predicted octanol–water partition coefficient (Wildman–Crippen LogP) is 3.90. The Hall–Kier alpha value is -3.47. The van der Waals surface area contributed by atoms with E-state index in [1.54, 1.807) is 6.08 Å². The zero-order valence-corrected chi connectivity index (χ0v) is 17.5. The third-order valence-corrected chi connectivity index (χ3v) is 6.04. The van der Waals surface area contributed by atoms with Crippen molar-refractivity contribution in [3.8, 4) is 0 Å². The highest BCUT2D eigenvalue weighted by Crippen LogP contribution is 2.32. The number of allylic oxidation sites excluding steroid dienone is 3. The molecule has 5 nitrogen and oxygen atoms in total. The Kier molecular flexibility index (Phi) is 5.02. The van der Waals surface area contributed by atoms with Crippen LogP contribution in [0.15, 0.2) is 71.4 Å². The minimum atomic E-state index is -0.251. The van der Waals surface area contributed by atoms with Gasteiger partial charge in [0.25, 0.3) is 5.91 Å². The van der Waals surface area contributed by atoms with Gasteiger partial charge in [-0.1, -0.05) is 36.4 Å². The summed E-state index contributed by atoms with van der Waals surface area (Å²) in [5.74, 6) is -0.238. The molecule has 5 rings (SSSR count).